The van der Waals surface area contributed by atoms with Crippen LogP contribution in [0.5, 0.6) is 0 Å². The molecule has 0 spiro atoms. The van der Waals surface area contributed by atoms with Gasteiger partial charge < -0.3 is 0 Å². The number of hydrogen-bond acceptors (Lipinski definition) is 5. The van der Waals surface area contributed by atoms with Gasteiger partial charge in [-0.05, 0) is 43.5 Å². The van der Waals surface area contributed by atoms with Gasteiger partial charge in [0.2, 0.25) is 10.0 Å². The van der Waals surface area contributed by atoms with Crippen LogP contribution in [0, 0.1) is 6.92 Å². The Bertz CT molecular complexity index is 1140. The quantitative estimate of drug-likeness (QED) is 0.711. The van der Waals surface area contributed by atoms with E-state index in [1.165, 1.54) is 23.0 Å². The van der Waals surface area contributed by atoms with Gasteiger partial charge in [-0.1, -0.05) is 6.07 Å². The molecule has 3 aromatic rings. The molecule has 0 atom stereocenters. The molecule has 140 valence electrons. The molecule has 0 bridgehead atoms. The van der Waals surface area contributed by atoms with Gasteiger partial charge in [0.1, 0.15) is 4.90 Å². The molecular formula is C18H19N5O3S. The smallest absolute Gasteiger partial charge is 0.276 e. The van der Waals surface area contributed by atoms with E-state index in [1.54, 1.807) is 12.4 Å². The summed E-state index contributed by atoms with van der Waals surface area (Å²) in [5.74, 6) is 0.375. The summed E-state index contributed by atoms with van der Waals surface area (Å²) in [6, 6.07) is 6.90. The molecule has 9 heteroatoms. The number of nitrogens with two attached hydrogens (primary N) is 1. The molecule has 3 heterocycles. The lowest BCUT2D eigenvalue weighted by molar-refractivity contribution is 0.537. The molecule has 4 rings (SSSR count). The first-order chi connectivity index (χ1) is 12.9. The molecule has 1 fully saturated rings. The minimum Gasteiger partial charge on any atom is -0.278 e. The van der Waals surface area contributed by atoms with Crippen molar-refractivity contribution in [3.63, 3.8) is 0 Å². The third kappa shape index (κ3) is 3.31. The summed E-state index contributed by atoms with van der Waals surface area (Å²) >= 11 is 0. The van der Waals surface area contributed by atoms with Crippen molar-refractivity contribution in [2.45, 2.75) is 37.1 Å². The second-order valence-electron chi connectivity index (χ2n) is 6.69. The average Bonchev–Trinajstić information content (AvgIpc) is 3.45. The van der Waals surface area contributed by atoms with E-state index in [2.05, 4.69) is 9.97 Å². The van der Waals surface area contributed by atoms with Crippen LogP contribution in [-0.4, -0.2) is 27.7 Å². The van der Waals surface area contributed by atoms with E-state index in [0.717, 1.165) is 24.1 Å². The Morgan fingerprint density at radius 1 is 1.22 bits per heavy atom. The van der Waals surface area contributed by atoms with E-state index < -0.39 is 10.0 Å². The first-order valence-corrected chi connectivity index (χ1v) is 10.1. The highest BCUT2D eigenvalue weighted by Gasteiger charge is 2.31. The van der Waals surface area contributed by atoms with Gasteiger partial charge in [-0.15, -0.1) is 0 Å². The molecule has 1 aliphatic carbocycles. The van der Waals surface area contributed by atoms with Gasteiger partial charge in [0.05, 0.1) is 6.04 Å². The van der Waals surface area contributed by atoms with E-state index in [4.69, 9.17) is 5.14 Å². The molecule has 0 saturated heterocycles. The number of pyridine rings is 2. The van der Waals surface area contributed by atoms with Gasteiger partial charge in [0.25, 0.3) is 5.56 Å². The fourth-order valence-corrected chi connectivity index (χ4v) is 3.67. The molecule has 3 aromatic heterocycles. The topological polar surface area (TPSA) is 113 Å². The zero-order valence-electron chi connectivity index (χ0n) is 14.7. The molecule has 8 nitrogen and oxygen atoms in total. The lowest BCUT2D eigenvalue weighted by Gasteiger charge is -2.12. The second-order valence-corrected chi connectivity index (χ2v) is 8.25. The minimum atomic E-state index is -3.83. The third-order valence-electron chi connectivity index (χ3n) is 4.71. The molecule has 2 N–H and O–H groups in total. The summed E-state index contributed by atoms with van der Waals surface area (Å²) < 4.78 is 26.4. The first-order valence-electron chi connectivity index (χ1n) is 8.57. The van der Waals surface area contributed by atoms with E-state index in [9.17, 15) is 13.2 Å². The van der Waals surface area contributed by atoms with E-state index in [0.29, 0.717) is 17.8 Å². The highest BCUT2D eigenvalue weighted by molar-refractivity contribution is 7.89. The Kier molecular flexibility index (Phi) is 4.20. The van der Waals surface area contributed by atoms with Gasteiger partial charge in [0.15, 0.2) is 5.82 Å². The van der Waals surface area contributed by atoms with Crippen LogP contribution in [0.3, 0.4) is 0 Å². The summed E-state index contributed by atoms with van der Waals surface area (Å²) in [5.41, 5.74) is 2.38. The third-order valence-corrected chi connectivity index (χ3v) is 5.61. The summed E-state index contributed by atoms with van der Waals surface area (Å²) in [4.78, 5) is 21.4. The van der Waals surface area contributed by atoms with Crippen LogP contribution in [0.25, 0.3) is 5.82 Å². The molecular weight excluding hydrogens is 366 g/mol. The second kappa shape index (κ2) is 6.43. The van der Waals surface area contributed by atoms with Crippen LogP contribution < -0.4 is 10.7 Å². The Morgan fingerprint density at radius 2 is 2.00 bits per heavy atom. The average molecular weight is 385 g/mol. The van der Waals surface area contributed by atoms with Gasteiger partial charge in [-0.25, -0.2) is 18.5 Å². The van der Waals surface area contributed by atoms with Gasteiger partial charge in [-0.2, -0.15) is 4.68 Å². The fraction of sp³-hybridized carbons (Fsp3) is 0.278. The number of sulfonamides is 1. The van der Waals surface area contributed by atoms with Crippen LogP contribution in [0.2, 0.25) is 0 Å². The Balaban J connectivity index is 1.83. The number of primary sulfonamides is 1. The monoisotopic (exact) mass is 385 g/mol. The van der Waals surface area contributed by atoms with Crippen molar-refractivity contribution in [3.8, 4) is 5.82 Å². The normalized spacial score (nSPS) is 14.4. The van der Waals surface area contributed by atoms with Crippen LogP contribution in [0.1, 0.15) is 35.7 Å². The van der Waals surface area contributed by atoms with Gasteiger partial charge >= 0.3 is 0 Å². The maximum atomic E-state index is 13.2. The highest BCUT2D eigenvalue weighted by Crippen LogP contribution is 2.36. The van der Waals surface area contributed by atoms with E-state index >= 15 is 0 Å². The van der Waals surface area contributed by atoms with Crippen LogP contribution in [0.15, 0.2) is 52.5 Å². The molecule has 0 aromatic carbocycles. The van der Waals surface area contributed by atoms with Crippen molar-refractivity contribution in [2.24, 2.45) is 5.14 Å². The Labute approximate surface area is 156 Å². The molecule has 0 radical (unpaired) electrons. The summed E-state index contributed by atoms with van der Waals surface area (Å²) in [6.07, 6.45) is 7.09. The Morgan fingerprint density at radius 3 is 2.56 bits per heavy atom. The van der Waals surface area contributed by atoms with Gasteiger partial charge in [0, 0.05) is 36.3 Å². The fourth-order valence-electron chi connectivity index (χ4n) is 3.22. The number of aromatic nitrogens is 4. The van der Waals surface area contributed by atoms with Crippen LogP contribution in [-0.2, 0) is 16.4 Å². The molecule has 1 aliphatic rings. The van der Waals surface area contributed by atoms with E-state index in [-0.39, 0.29) is 16.5 Å². The SMILES string of the molecule is Cc1c(Cc2cccnc2)c(=O)n(-c2ccc(S(N)(=O)=O)cn2)n1C1CC1. The molecule has 0 amide bonds. The van der Waals surface area contributed by atoms with Crippen molar-refractivity contribution in [1.82, 2.24) is 19.3 Å². The summed E-state index contributed by atoms with van der Waals surface area (Å²) in [6.45, 7) is 1.93. The van der Waals surface area contributed by atoms with Crippen LogP contribution in [0.4, 0.5) is 0 Å². The number of hydrogen-bond donors (Lipinski definition) is 1. The maximum Gasteiger partial charge on any atom is 0.276 e. The molecule has 0 aliphatic heterocycles. The van der Waals surface area contributed by atoms with Crippen LogP contribution >= 0.6 is 0 Å². The summed E-state index contributed by atoms with van der Waals surface area (Å²) in [7, 11) is -3.83. The number of rotatable bonds is 5. The van der Waals surface area contributed by atoms with Crippen molar-refractivity contribution in [2.75, 3.05) is 0 Å². The van der Waals surface area contributed by atoms with Crippen molar-refractivity contribution < 1.29 is 8.42 Å². The lowest BCUT2D eigenvalue weighted by atomic mass is 10.1. The maximum absolute atomic E-state index is 13.2. The summed E-state index contributed by atoms with van der Waals surface area (Å²) in [5, 5.41) is 5.13. The molecule has 27 heavy (non-hydrogen) atoms. The predicted octanol–water partition coefficient (Wildman–Crippen LogP) is 1.31. The largest absolute Gasteiger partial charge is 0.278 e. The van der Waals surface area contributed by atoms with Crippen molar-refractivity contribution in [3.05, 3.63) is 70.0 Å². The minimum absolute atomic E-state index is 0.0869. The lowest BCUT2D eigenvalue weighted by Crippen LogP contribution is -2.23. The Hall–Kier alpha value is -2.78. The molecule has 0 unspecified atom stereocenters. The first kappa shape index (κ1) is 17.6. The highest BCUT2D eigenvalue weighted by atomic mass is 32.2. The number of nitrogens with zero attached hydrogens (tertiary/aromatic N) is 4. The van der Waals surface area contributed by atoms with Crippen molar-refractivity contribution in [1.29, 1.82) is 0 Å². The van der Waals surface area contributed by atoms with Gasteiger partial charge in [-0.3, -0.25) is 14.5 Å². The molecule has 1 saturated carbocycles. The zero-order valence-corrected chi connectivity index (χ0v) is 15.6. The predicted molar refractivity (Wildman–Crippen MR) is 99.2 cm³/mol. The van der Waals surface area contributed by atoms with Crippen molar-refractivity contribution >= 4 is 10.0 Å². The van der Waals surface area contributed by atoms with E-state index in [1.807, 2.05) is 23.7 Å². The standard InChI is InChI=1S/C18H19N5O3S/c1-12-16(9-13-3-2-8-20-10-13)18(24)23(22(12)14-4-5-14)17-7-6-15(11-21-17)27(19,25)26/h2-3,6-8,10-11,14H,4-5,9H2,1H3,(H2,19,25,26). The zero-order chi connectivity index (χ0) is 19.2.